The monoisotopic (exact) mass is 193 g/mol. The molecule has 0 aliphatic rings. The average molecular weight is 193 g/mol. The van der Waals surface area contributed by atoms with Crippen LogP contribution in [0.4, 0.5) is 0 Å². The minimum atomic E-state index is -0.421. The molecule has 78 valence electrons. The van der Waals surface area contributed by atoms with Crippen LogP contribution in [0, 0.1) is 6.92 Å². The normalized spacial score (nSPS) is 15.1. The Morgan fingerprint density at radius 3 is 2.36 bits per heavy atom. The molecule has 0 fully saturated rings. The van der Waals surface area contributed by atoms with Crippen LogP contribution in [0.2, 0.25) is 0 Å². The van der Waals surface area contributed by atoms with Gasteiger partial charge in [-0.1, -0.05) is 36.8 Å². The van der Waals surface area contributed by atoms with Gasteiger partial charge in [-0.05, 0) is 26.0 Å². The summed E-state index contributed by atoms with van der Waals surface area (Å²) in [5, 5.41) is 13.2. The first-order valence-electron chi connectivity index (χ1n) is 5.13. The van der Waals surface area contributed by atoms with Crippen LogP contribution in [-0.2, 0) is 0 Å². The molecule has 2 atom stereocenters. The third-order valence-corrected chi connectivity index (χ3v) is 2.42. The topological polar surface area (TPSA) is 32.3 Å². The number of rotatable bonds is 4. The molecule has 0 bridgehead atoms. The van der Waals surface area contributed by atoms with E-state index in [0.717, 1.165) is 12.1 Å². The molecule has 1 aromatic rings. The Kier molecular flexibility index (Phi) is 4.11. The molecule has 0 saturated heterocycles. The fraction of sp³-hybridized carbons (Fsp3) is 0.500. The Balaban J connectivity index is 2.68. The lowest BCUT2D eigenvalue weighted by Gasteiger charge is -2.19. The SMILES string of the molecule is CCN[C@@H](C)[C@H](O)c1ccc(C)cc1. The van der Waals surface area contributed by atoms with Crippen LogP contribution in [0.15, 0.2) is 24.3 Å². The zero-order chi connectivity index (χ0) is 10.6. The van der Waals surface area contributed by atoms with E-state index in [2.05, 4.69) is 5.32 Å². The predicted octanol–water partition coefficient (Wildman–Crippen LogP) is 2.03. The van der Waals surface area contributed by atoms with E-state index >= 15 is 0 Å². The number of likely N-dealkylation sites (N-methyl/N-ethyl adjacent to an activating group) is 1. The number of nitrogens with one attached hydrogen (secondary N) is 1. The van der Waals surface area contributed by atoms with Crippen molar-refractivity contribution >= 4 is 0 Å². The van der Waals surface area contributed by atoms with Gasteiger partial charge in [-0.25, -0.2) is 0 Å². The second-order valence-corrected chi connectivity index (χ2v) is 3.70. The molecule has 0 aliphatic carbocycles. The molecule has 2 N–H and O–H groups in total. The van der Waals surface area contributed by atoms with Crippen molar-refractivity contribution in [3.8, 4) is 0 Å². The zero-order valence-electron chi connectivity index (χ0n) is 9.12. The Labute approximate surface area is 86.0 Å². The molecule has 0 aromatic heterocycles. The van der Waals surface area contributed by atoms with E-state index in [0.29, 0.717) is 0 Å². The van der Waals surface area contributed by atoms with Gasteiger partial charge in [0.1, 0.15) is 0 Å². The van der Waals surface area contributed by atoms with Crippen LogP contribution in [0.5, 0.6) is 0 Å². The summed E-state index contributed by atoms with van der Waals surface area (Å²) < 4.78 is 0. The van der Waals surface area contributed by atoms with Gasteiger partial charge in [-0.3, -0.25) is 0 Å². The highest BCUT2D eigenvalue weighted by Crippen LogP contribution is 2.16. The largest absolute Gasteiger partial charge is 0.387 e. The van der Waals surface area contributed by atoms with Crippen molar-refractivity contribution in [3.63, 3.8) is 0 Å². The maximum Gasteiger partial charge on any atom is 0.0940 e. The Bertz CT molecular complexity index is 268. The molecule has 1 aromatic carbocycles. The Morgan fingerprint density at radius 2 is 1.86 bits per heavy atom. The maximum absolute atomic E-state index is 9.95. The van der Waals surface area contributed by atoms with Gasteiger partial charge in [-0.15, -0.1) is 0 Å². The second kappa shape index (κ2) is 5.13. The molecule has 0 amide bonds. The maximum atomic E-state index is 9.95. The standard InChI is InChI=1S/C12H19NO/c1-4-13-10(3)12(14)11-7-5-9(2)6-8-11/h5-8,10,12-14H,4H2,1-3H3/t10-,12-/m0/s1. The van der Waals surface area contributed by atoms with E-state index < -0.39 is 6.10 Å². The zero-order valence-corrected chi connectivity index (χ0v) is 9.12. The lowest BCUT2D eigenvalue weighted by molar-refractivity contribution is 0.137. The number of benzene rings is 1. The molecule has 0 aliphatic heterocycles. The number of hydrogen-bond donors (Lipinski definition) is 2. The van der Waals surface area contributed by atoms with Crippen molar-refractivity contribution in [1.82, 2.24) is 5.32 Å². The van der Waals surface area contributed by atoms with Gasteiger partial charge in [0.05, 0.1) is 6.10 Å². The van der Waals surface area contributed by atoms with Crippen LogP contribution in [0.3, 0.4) is 0 Å². The minimum Gasteiger partial charge on any atom is -0.387 e. The van der Waals surface area contributed by atoms with Crippen molar-refractivity contribution in [1.29, 1.82) is 0 Å². The van der Waals surface area contributed by atoms with E-state index in [-0.39, 0.29) is 6.04 Å². The summed E-state index contributed by atoms with van der Waals surface area (Å²) in [4.78, 5) is 0. The summed E-state index contributed by atoms with van der Waals surface area (Å²) >= 11 is 0. The van der Waals surface area contributed by atoms with E-state index in [1.165, 1.54) is 5.56 Å². The van der Waals surface area contributed by atoms with Gasteiger partial charge >= 0.3 is 0 Å². The van der Waals surface area contributed by atoms with Gasteiger partial charge in [0.25, 0.3) is 0 Å². The minimum absolute atomic E-state index is 0.0997. The van der Waals surface area contributed by atoms with Crippen LogP contribution in [0.25, 0.3) is 0 Å². The number of aryl methyl sites for hydroxylation is 1. The number of aliphatic hydroxyl groups excluding tert-OH is 1. The highest BCUT2D eigenvalue weighted by molar-refractivity contribution is 5.23. The van der Waals surface area contributed by atoms with Crippen molar-refractivity contribution in [2.45, 2.75) is 32.9 Å². The Morgan fingerprint density at radius 1 is 1.29 bits per heavy atom. The molecule has 0 spiro atoms. The third-order valence-electron chi connectivity index (χ3n) is 2.42. The van der Waals surface area contributed by atoms with Crippen molar-refractivity contribution in [2.75, 3.05) is 6.54 Å². The summed E-state index contributed by atoms with van der Waals surface area (Å²) in [5.74, 6) is 0. The first-order valence-corrected chi connectivity index (χ1v) is 5.13. The van der Waals surface area contributed by atoms with Crippen LogP contribution in [-0.4, -0.2) is 17.7 Å². The van der Waals surface area contributed by atoms with E-state index in [1.54, 1.807) is 0 Å². The molecule has 14 heavy (non-hydrogen) atoms. The molecule has 0 radical (unpaired) electrons. The highest BCUT2D eigenvalue weighted by Gasteiger charge is 2.14. The van der Waals surface area contributed by atoms with E-state index in [1.807, 2.05) is 45.0 Å². The molecule has 2 nitrogen and oxygen atoms in total. The molecule has 0 saturated carbocycles. The quantitative estimate of drug-likeness (QED) is 0.767. The van der Waals surface area contributed by atoms with Crippen molar-refractivity contribution < 1.29 is 5.11 Å². The van der Waals surface area contributed by atoms with Gasteiger partial charge in [0, 0.05) is 6.04 Å². The highest BCUT2D eigenvalue weighted by atomic mass is 16.3. The van der Waals surface area contributed by atoms with Gasteiger partial charge in [0.15, 0.2) is 0 Å². The predicted molar refractivity (Wildman–Crippen MR) is 59.3 cm³/mol. The fourth-order valence-electron chi connectivity index (χ4n) is 1.49. The number of aliphatic hydroxyl groups is 1. The molecule has 0 unspecified atom stereocenters. The van der Waals surface area contributed by atoms with Crippen LogP contribution in [0.1, 0.15) is 31.1 Å². The smallest absolute Gasteiger partial charge is 0.0940 e. The first kappa shape index (κ1) is 11.2. The molecule has 0 heterocycles. The number of hydrogen-bond acceptors (Lipinski definition) is 2. The fourth-order valence-corrected chi connectivity index (χ4v) is 1.49. The van der Waals surface area contributed by atoms with Gasteiger partial charge in [0.2, 0.25) is 0 Å². The Hall–Kier alpha value is -0.860. The van der Waals surface area contributed by atoms with E-state index in [9.17, 15) is 5.11 Å². The molecule has 1 rings (SSSR count). The van der Waals surface area contributed by atoms with Crippen LogP contribution < -0.4 is 5.32 Å². The molecular weight excluding hydrogens is 174 g/mol. The van der Waals surface area contributed by atoms with Crippen molar-refractivity contribution in [2.24, 2.45) is 0 Å². The molecular formula is C12H19NO. The van der Waals surface area contributed by atoms with Gasteiger partial charge < -0.3 is 10.4 Å². The van der Waals surface area contributed by atoms with Crippen LogP contribution >= 0.6 is 0 Å². The summed E-state index contributed by atoms with van der Waals surface area (Å²) in [6.45, 7) is 6.96. The summed E-state index contributed by atoms with van der Waals surface area (Å²) in [5.41, 5.74) is 2.20. The lowest BCUT2D eigenvalue weighted by atomic mass is 10.0. The summed E-state index contributed by atoms with van der Waals surface area (Å²) in [6, 6.07) is 8.11. The lowest BCUT2D eigenvalue weighted by Crippen LogP contribution is -2.31. The van der Waals surface area contributed by atoms with E-state index in [4.69, 9.17) is 0 Å². The second-order valence-electron chi connectivity index (χ2n) is 3.70. The summed E-state index contributed by atoms with van der Waals surface area (Å²) in [7, 11) is 0. The van der Waals surface area contributed by atoms with Crippen molar-refractivity contribution in [3.05, 3.63) is 35.4 Å². The third kappa shape index (κ3) is 2.82. The van der Waals surface area contributed by atoms with Gasteiger partial charge in [-0.2, -0.15) is 0 Å². The molecule has 2 heteroatoms. The summed E-state index contributed by atoms with van der Waals surface area (Å²) in [6.07, 6.45) is -0.421. The first-order chi connectivity index (χ1) is 6.65. The average Bonchev–Trinajstić information content (AvgIpc) is 2.18.